The van der Waals surface area contributed by atoms with Crippen LogP contribution in [0.25, 0.3) is 11.8 Å². The van der Waals surface area contributed by atoms with Crippen molar-refractivity contribution in [3.05, 3.63) is 65.0 Å². The van der Waals surface area contributed by atoms with E-state index in [9.17, 15) is 8.96 Å². The zero-order chi connectivity index (χ0) is 19.4. The Morgan fingerprint density at radius 2 is 1.74 bits per heavy atom. The average molecular weight is 392 g/mol. The van der Waals surface area contributed by atoms with Gasteiger partial charge >= 0.3 is 7.60 Å². The van der Waals surface area contributed by atoms with Crippen LogP contribution in [0.3, 0.4) is 0 Å². The van der Waals surface area contributed by atoms with Crippen LogP contribution >= 0.6 is 7.60 Å². The minimum Gasteiger partial charge on any atom is -0.497 e. The third-order valence-corrected chi connectivity index (χ3v) is 6.31. The largest absolute Gasteiger partial charge is 0.497 e. The van der Waals surface area contributed by atoms with Gasteiger partial charge in [0, 0.05) is 11.1 Å². The molecule has 5 nitrogen and oxygen atoms in total. The maximum Gasteiger partial charge on any atom is 0.375 e. The second kappa shape index (κ2) is 8.26. The fraction of sp³-hybridized carbons (Fsp3) is 0.300. The maximum absolute atomic E-state index is 13.9. The molecule has 0 aliphatic carbocycles. The first kappa shape index (κ1) is 19.6. The smallest absolute Gasteiger partial charge is 0.375 e. The molecule has 144 valence electrons. The first-order valence-corrected chi connectivity index (χ1v) is 10.3. The van der Waals surface area contributed by atoms with Crippen LogP contribution < -0.4 is 4.74 Å². The molecule has 3 rings (SSSR count). The highest BCUT2D eigenvalue weighted by Crippen LogP contribution is 2.64. The lowest BCUT2D eigenvalue weighted by molar-refractivity contribution is 0.145. The van der Waals surface area contributed by atoms with Crippen LogP contribution in [0.5, 0.6) is 5.75 Å². The van der Waals surface area contributed by atoms with Gasteiger partial charge in [0.2, 0.25) is 5.85 Å². The van der Waals surface area contributed by atoms with Gasteiger partial charge in [-0.3, -0.25) is 4.57 Å². The Kier molecular flexibility index (Phi) is 6.00. The standard InChI is InChI=1S/C20H22FO5P/c1-4-24-27(22,25-5-2)20-18-13-16(21)9-6-15(18)12-19(26-20)14-7-10-17(23-3)11-8-14/h6-13,20H,4-5H2,1-3H3. The quantitative estimate of drug-likeness (QED) is 0.572. The van der Waals surface area contributed by atoms with Crippen molar-refractivity contribution in [3.63, 3.8) is 0 Å². The van der Waals surface area contributed by atoms with Gasteiger partial charge in [-0.05, 0) is 61.9 Å². The summed E-state index contributed by atoms with van der Waals surface area (Å²) in [5.41, 5.74) is 1.92. The van der Waals surface area contributed by atoms with Gasteiger partial charge < -0.3 is 18.5 Å². The first-order chi connectivity index (χ1) is 13.0. The molecule has 0 bridgehead atoms. The predicted molar refractivity (Wildman–Crippen MR) is 102 cm³/mol. The number of ether oxygens (including phenoxy) is 2. The molecule has 0 saturated heterocycles. The minimum absolute atomic E-state index is 0.184. The van der Waals surface area contributed by atoms with E-state index in [0.717, 1.165) is 5.56 Å². The molecule has 0 spiro atoms. The molecule has 0 amide bonds. The number of rotatable bonds is 7. The van der Waals surface area contributed by atoms with Crippen LogP contribution in [0.15, 0.2) is 42.5 Å². The molecular formula is C20H22FO5P. The topological polar surface area (TPSA) is 54.0 Å². The summed E-state index contributed by atoms with van der Waals surface area (Å²) in [5, 5.41) is 0. The molecule has 1 atom stereocenters. The molecule has 1 aliphatic heterocycles. The molecule has 0 fully saturated rings. The van der Waals surface area contributed by atoms with E-state index >= 15 is 0 Å². The number of methoxy groups -OCH3 is 1. The van der Waals surface area contributed by atoms with Gasteiger partial charge in [0.1, 0.15) is 17.3 Å². The second-order valence-corrected chi connectivity index (χ2v) is 7.92. The molecule has 7 heteroatoms. The Hall–Kier alpha value is -2.14. The molecule has 1 heterocycles. The molecule has 0 saturated carbocycles. The van der Waals surface area contributed by atoms with E-state index in [0.29, 0.717) is 22.6 Å². The van der Waals surface area contributed by atoms with Gasteiger partial charge in [0.25, 0.3) is 0 Å². The normalized spacial score (nSPS) is 16.3. The molecule has 2 aromatic carbocycles. The fourth-order valence-electron chi connectivity index (χ4n) is 2.92. The highest BCUT2D eigenvalue weighted by Gasteiger charge is 2.42. The zero-order valence-electron chi connectivity index (χ0n) is 15.5. The third-order valence-electron chi connectivity index (χ3n) is 4.12. The second-order valence-electron chi connectivity index (χ2n) is 5.86. The Morgan fingerprint density at radius 1 is 1.07 bits per heavy atom. The lowest BCUT2D eigenvalue weighted by Crippen LogP contribution is -2.14. The minimum atomic E-state index is -3.67. The summed E-state index contributed by atoms with van der Waals surface area (Å²) in [6.07, 6.45) is 1.79. The van der Waals surface area contributed by atoms with E-state index < -0.39 is 19.3 Å². The third kappa shape index (κ3) is 4.08. The summed E-state index contributed by atoms with van der Waals surface area (Å²) in [7, 11) is -2.08. The fourth-order valence-corrected chi connectivity index (χ4v) is 4.80. The maximum atomic E-state index is 13.9. The molecule has 0 N–H and O–H groups in total. The number of hydrogen-bond acceptors (Lipinski definition) is 5. The molecule has 2 aromatic rings. The van der Waals surface area contributed by atoms with E-state index in [1.165, 1.54) is 12.1 Å². The van der Waals surface area contributed by atoms with Gasteiger partial charge in [0.05, 0.1) is 20.3 Å². The average Bonchev–Trinajstić information content (AvgIpc) is 2.67. The van der Waals surface area contributed by atoms with Crippen molar-refractivity contribution >= 4 is 19.4 Å². The molecule has 0 aromatic heterocycles. The zero-order valence-corrected chi connectivity index (χ0v) is 16.4. The van der Waals surface area contributed by atoms with Gasteiger partial charge in [-0.2, -0.15) is 0 Å². The van der Waals surface area contributed by atoms with Crippen molar-refractivity contribution in [2.45, 2.75) is 19.7 Å². The summed E-state index contributed by atoms with van der Waals surface area (Å²) in [6.45, 7) is 3.81. The summed E-state index contributed by atoms with van der Waals surface area (Å²) < 4.78 is 49.4. The van der Waals surface area contributed by atoms with Crippen molar-refractivity contribution < 1.29 is 27.5 Å². The van der Waals surface area contributed by atoms with Crippen LogP contribution in [-0.2, 0) is 18.3 Å². The van der Waals surface area contributed by atoms with Crippen LogP contribution in [0.2, 0.25) is 0 Å². The molecule has 1 unspecified atom stereocenters. The lowest BCUT2D eigenvalue weighted by atomic mass is 10.0. The Bertz CT molecular complexity index is 868. The first-order valence-electron chi connectivity index (χ1n) is 8.71. The number of halogens is 1. The van der Waals surface area contributed by atoms with Crippen molar-refractivity contribution in [3.8, 4) is 5.75 Å². The van der Waals surface area contributed by atoms with E-state index in [-0.39, 0.29) is 13.2 Å². The number of benzene rings is 2. The van der Waals surface area contributed by atoms with Gasteiger partial charge in [-0.15, -0.1) is 0 Å². The molecule has 0 radical (unpaired) electrons. The summed E-state index contributed by atoms with van der Waals surface area (Å²) in [5.74, 6) is -0.279. The monoisotopic (exact) mass is 392 g/mol. The Morgan fingerprint density at radius 3 is 2.33 bits per heavy atom. The predicted octanol–water partition coefficient (Wildman–Crippen LogP) is 5.63. The van der Waals surface area contributed by atoms with Crippen LogP contribution in [-0.4, -0.2) is 20.3 Å². The highest BCUT2D eigenvalue weighted by atomic mass is 31.2. The van der Waals surface area contributed by atoms with Crippen molar-refractivity contribution in [2.24, 2.45) is 0 Å². The summed E-state index contributed by atoms with van der Waals surface area (Å²) in [6, 6.07) is 11.6. The Labute approximate surface area is 158 Å². The van der Waals surface area contributed by atoms with Crippen LogP contribution in [0.4, 0.5) is 4.39 Å². The van der Waals surface area contributed by atoms with E-state index in [4.69, 9.17) is 18.5 Å². The molecule has 1 aliphatic rings. The van der Waals surface area contributed by atoms with Gasteiger partial charge in [-0.1, -0.05) is 6.07 Å². The lowest BCUT2D eigenvalue weighted by Gasteiger charge is -2.32. The van der Waals surface area contributed by atoms with Gasteiger partial charge in [-0.25, -0.2) is 4.39 Å². The van der Waals surface area contributed by atoms with Crippen molar-refractivity contribution in [1.82, 2.24) is 0 Å². The van der Waals surface area contributed by atoms with E-state index in [1.807, 2.05) is 12.1 Å². The molecule has 27 heavy (non-hydrogen) atoms. The number of hydrogen-bond donors (Lipinski definition) is 0. The van der Waals surface area contributed by atoms with Crippen molar-refractivity contribution in [2.75, 3.05) is 20.3 Å². The highest BCUT2D eigenvalue weighted by molar-refractivity contribution is 7.54. The van der Waals surface area contributed by atoms with Crippen molar-refractivity contribution in [1.29, 1.82) is 0 Å². The SMILES string of the molecule is CCOP(=O)(OCC)C1OC(c2ccc(OC)cc2)=Cc2ccc(F)cc21. The molecular weight excluding hydrogens is 370 g/mol. The summed E-state index contributed by atoms with van der Waals surface area (Å²) in [4.78, 5) is 0. The van der Waals surface area contributed by atoms with Crippen LogP contribution in [0, 0.1) is 5.82 Å². The van der Waals surface area contributed by atoms with E-state index in [2.05, 4.69) is 0 Å². The van der Waals surface area contributed by atoms with Gasteiger partial charge in [0.15, 0.2) is 0 Å². The van der Waals surface area contributed by atoms with Crippen LogP contribution in [0.1, 0.15) is 36.4 Å². The van der Waals surface area contributed by atoms with E-state index in [1.54, 1.807) is 45.2 Å². The number of fused-ring (bicyclic) bond motifs is 1. The summed E-state index contributed by atoms with van der Waals surface area (Å²) >= 11 is 0. The Balaban J connectivity index is 2.08.